The number of hydrogen-bond donors (Lipinski definition) is 1. The van der Waals surface area contributed by atoms with Crippen LogP contribution in [0.5, 0.6) is 0 Å². The van der Waals surface area contributed by atoms with Crippen molar-refractivity contribution in [2.24, 2.45) is 5.92 Å². The molecule has 1 aromatic carbocycles. The topological polar surface area (TPSA) is 46.2 Å². The first-order valence-electron chi connectivity index (χ1n) is 6.59. The van der Waals surface area contributed by atoms with Crippen LogP contribution in [0.3, 0.4) is 0 Å². The van der Waals surface area contributed by atoms with Crippen molar-refractivity contribution in [2.45, 2.75) is 37.6 Å². The second-order valence-electron chi connectivity index (χ2n) is 5.12. The zero-order valence-electron chi connectivity index (χ0n) is 11.0. The molecule has 3 nitrogen and oxygen atoms in total. The average molecular weight is 267 g/mol. The van der Waals surface area contributed by atoms with Crippen LogP contribution in [0.4, 0.5) is 0 Å². The lowest BCUT2D eigenvalue weighted by atomic mass is 10.0. The molecule has 1 aromatic rings. The average Bonchev–Trinajstić information content (AvgIpc) is 2.38. The van der Waals surface area contributed by atoms with Gasteiger partial charge in [0, 0.05) is 6.04 Å². The Hall–Kier alpha value is -0.870. The lowest BCUT2D eigenvalue weighted by Gasteiger charge is -2.27. The third-order valence-corrected chi connectivity index (χ3v) is 5.53. The van der Waals surface area contributed by atoms with Crippen molar-refractivity contribution in [2.75, 3.05) is 12.3 Å². The SMILES string of the molecule is CCC(C)CNC1CCS(=O)(=O)c2ccccc21. The third kappa shape index (κ3) is 2.75. The Bertz CT molecular complexity index is 510. The van der Waals surface area contributed by atoms with Gasteiger partial charge in [0.2, 0.25) is 0 Å². The summed E-state index contributed by atoms with van der Waals surface area (Å²) in [6.07, 6.45) is 1.81. The minimum Gasteiger partial charge on any atom is -0.310 e. The largest absolute Gasteiger partial charge is 0.310 e. The zero-order chi connectivity index (χ0) is 13.2. The van der Waals surface area contributed by atoms with Crippen LogP contribution in [0.1, 0.15) is 38.3 Å². The van der Waals surface area contributed by atoms with Crippen LogP contribution in [0, 0.1) is 5.92 Å². The quantitative estimate of drug-likeness (QED) is 0.912. The van der Waals surface area contributed by atoms with E-state index in [9.17, 15) is 8.42 Å². The number of sulfone groups is 1. The van der Waals surface area contributed by atoms with E-state index in [0.717, 1.165) is 18.5 Å². The molecule has 100 valence electrons. The van der Waals surface area contributed by atoms with Crippen molar-refractivity contribution >= 4 is 9.84 Å². The number of nitrogens with one attached hydrogen (secondary N) is 1. The maximum atomic E-state index is 12.0. The lowest BCUT2D eigenvalue weighted by Crippen LogP contribution is -2.32. The Morgan fingerprint density at radius 2 is 2.11 bits per heavy atom. The van der Waals surface area contributed by atoms with Gasteiger partial charge in [0.05, 0.1) is 10.6 Å². The number of benzene rings is 1. The van der Waals surface area contributed by atoms with E-state index in [4.69, 9.17) is 0 Å². The van der Waals surface area contributed by atoms with Gasteiger partial charge in [-0.1, -0.05) is 38.5 Å². The highest BCUT2D eigenvalue weighted by Gasteiger charge is 2.29. The Kier molecular flexibility index (Phi) is 4.07. The van der Waals surface area contributed by atoms with E-state index in [1.54, 1.807) is 12.1 Å². The summed E-state index contributed by atoms with van der Waals surface area (Å²) in [4.78, 5) is 0.512. The smallest absolute Gasteiger partial charge is 0.178 e. The van der Waals surface area contributed by atoms with Crippen molar-refractivity contribution in [3.8, 4) is 0 Å². The minimum absolute atomic E-state index is 0.179. The Morgan fingerprint density at radius 3 is 2.83 bits per heavy atom. The molecule has 2 unspecified atom stereocenters. The van der Waals surface area contributed by atoms with Gasteiger partial charge in [-0.2, -0.15) is 0 Å². The fourth-order valence-corrected chi connectivity index (χ4v) is 3.91. The molecular formula is C14H21NO2S. The van der Waals surface area contributed by atoms with E-state index in [0.29, 0.717) is 17.2 Å². The van der Waals surface area contributed by atoms with Crippen molar-refractivity contribution in [1.29, 1.82) is 0 Å². The van der Waals surface area contributed by atoms with Crippen LogP contribution >= 0.6 is 0 Å². The van der Waals surface area contributed by atoms with Crippen molar-refractivity contribution in [3.05, 3.63) is 29.8 Å². The van der Waals surface area contributed by atoms with E-state index in [-0.39, 0.29) is 11.8 Å². The minimum atomic E-state index is -3.06. The maximum Gasteiger partial charge on any atom is 0.178 e. The molecule has 0 saturated carbocycles. The fourth-order valence-electron chi connectivity index (χ4n) is 2.29. The standard InChI is InChI=1S/C14H21NO2S/c1-3-11(2)10-15-13-8-9-18(16,17)14-7-5-4-6-12(13)14/h4-7,11,13,15H,3,8-10H2,1-2H3. The molecule has 1 heterocycles. The van der Waals surface area contributed by atoms with Crippen molar-refractivity contribution in [1.82, 2.24) is 5.32 Å². The number of rotatable bonds is 4. The number of fused-ring (bicyclic) bond motifs is 1. The van der Waals surface area contributed by atoms with Gasteiger partial charge < -0.3 is 5.32 Å². The van der Waals surface area contributed by atoms with Crippen molar-refractivity contribution in [3.63, 3.8) is 0 Å². The van der Waals surface area contributed by atoms with Crippen LogP contribution in [0.15, 0.2) is 29.2 Å². The van der Waals surface area contributed by atoms with Crippen LogP contribution in [-0.4, -0.2) is 20.7 Å². The predicted octanol–water partition coefficient (Wildman–Crippen LogP) is 2.54. The van der Waals surface area contributed by atoms with Gasteiger partial charge in [0.25, 0.3) is 0 Å². The molecule has 0 fully saturated rings. The molecule has 0 amide bonds. The highest BCUT2D eigenvalue weighted by Crippen LogP contribution is 2.31. The lowest BCUT2D eigenvalue weighted by molar-refractivity contribution is 0.428. The molecule has 0 radical (unpaired) electrons. The van der Waals surface area contributed by atoms with Gasteiger partial charge in [-0.25, -0.2) is 8.42 Å². The molecule has 1 aliphatic heterocycles. The molecule has 18 heavy (non-hydrogen) atoms. The molecule has 0 aliphatic carbocycles. The van der Waals surface area contributed by atoms with Crippen LogP contribution < -0.4 is 5.32 Å². The van der Waals surface area contributed by atoms with Gasteiger partial charge >= 0.3 is 0 Å². The summed E-state index contributed by atoms with van der Waals surface area (Å²) in [7, 11) is -3.06. The number of hydrogen-bond acceptors (Lipinski definition) is 3. The highest BCUT2D eigenvalue weighted by atomic mass is 32.2. The monoisotopic (exact) mass is 267 g/mol. The third-order valence-electron chi connectivity index (χ3n) is 3.71. The molecule has 1 aliphatic rings. The first-order chi connectivity index (χ1) is 8.54. The van der Waals surface area contributed by atoms with Gasteiger partial charge in [0.15, 0.2) is 9.84 Å². The zero-order valence-corrected chi connectivity index (χ0v) is 11.8. The fraction of sp³-hybridized carbons (Fsp3) is 0.571. The van der Waals surface area contributed by atoms with Gasteiger partial charge in [0.1, 0.15) is 0 Å². The summed E-state index contributed by atoms with van der Waals surface area (Å²) in [5, 5.41) is 3.50. The van der Waals surface area contributed by atoms with Crippen LogP contribution in [0.2, 0.25) is 0 Å². The summed E-state index contributed by atoms with van der Waals surface area (Å²) in [5.74, 6) is 0.873. The summed E-state index contributed by atoms with van der Waals surface area (Å²) in [5.41, 5.74) is 0.937. The molecule has 0 bridgehead atoms. The molecule has 0 saturated heterocycles. The molecule has 2 atom stereocenters. The summed E-state index contributed by atoms with van der Waals surface area (Å²) in [6.45, 7) is 5.32. The normalized spacial score (nSPS) is 23.3. The second kappa shape index (κ2) is 5.41. The molecule has 1 N–H and O–H groups in total. The Labute approximate surface area is 110 Å². The molecule has 0 spiro atoms. The predicted molar refractivity (Wildman–Crippen MR) is 73.3 cm³/mol. The molecular weight excluding hydrogens is 246 g/mol. The summed E-state index contributed by atoms with van der Waals surface area (Å²) >= 11 is 0. The van der Waals surface area contributed by atoms with Crippen LogP contribution in [-0.2, 0) is 9.84 Å². The molecule has 2 rings (SSSR count). The van der Waals surface area contributed by atoms with E-state index in [1.165, 1.54) is 0 Å². The summed E-state index contributed by atoms with van der Waals surface area (Å²) in [6, 6.07) is 7.55. The van der Waals surface area contributed by atoms with Crippen LogP contribution in [0.25, 0.3) is 0 Å². The van der Waals surface area contributed by atoms with E-state index in [1.807, 2.05) is 12.1 Å². The first-order valence-corrected chi connectivity index (χ1v) is 8.25. The van der Waals surface area contributed by atoms with E-state index >= 15 is 0 Å². The second-order valence-corrected chi connectivity index (χ2v) is 7.20. The Morgan fingerprint density at radius 1 is 1.39 bits per heavy atom. The van der Waals surface area contributed by atoms with E-state index in [2.05, 4.69) is 19.2 Å². The van der Waals surface area contributed by atoms with Crippen molar-refractivity contribution < 1.29 is 8.42 Å². The van der Waals surface area contributed by atoms with Gasteiger partial charge in [-0.3, -0.25) is 0 Å². The molecule has 4 heteroatoms. The highest BCUT2D eigenvalue weighted by molar-refractivity contribution is 7.91. The maximum absolute atomic E-state index is 12.0. The Balaban J connectivity index is 2.21. The summed E-state index contributed by atoms with van der Waals surface area (Å²) < 4.78 is 24.0. The van der Waals surface area contributed by atoms with Gasteiger partial charge in [-0.15, -0.1) is 0 Å². The van der Waals surface area contributed by atoms with Gasteiger partial charge in [-0.05, 0) is 30.5 Å². The van der Waals surface area contributed by atoms with E-state index < -0.39 is 9.84 Å². The molecule has 0 aromatic heterocycles. The first kappa shape index (κ1) is 13.6.